The molecule has 1 N–H and O–H groups in total. The number of nitrogens with zero attached hydrogens (tertiary/aromatic N) is 4. The van der Waals surface area contributed by atoms with E-state index in [-0.39, 0.29) is 11.8 Å². The van der Waals surface area contributed by atoms with Crippen molar-refractivity contribution in [2.24, 2.45) is 5.92 Å². The second-order valence-electron chi connectivity index (χ2n) is 8.28. The molecule has 2 saturated heterocycles. The number of amides is 1. The van der Waals surface area contributed by atoms with Gasteiger partial charge in [-0.2, -0.15) is 10.1 Å². The third kappa shape index (κ3) is 4.47. The fraction of sp³-hybridized carbons (Fsp3) is 0.545. The van der Waals surface area contributed by atoms with Crippen molar-refractivity contribution in [2.75, 3.05) is 39.5 Å². The predicted octanol–water partition coefficient (Wildman–Crippen LogP) is 2.56. The third-order valence-electron chi connectivity index (χ3n) is 6.15. The zero-order chi connectivity index (χ0) is 21.0. The predicted molar refractivity (Wildman–Crippen MR) is 112 cm³/mol. The van der Waals surface area contributed by atoms with Gasteiger partial charge in [0.25, 0.3) is 5.91 Å². The summed E-state index contributed by atoms with van der Waals surface area (Å²) < 4.78 is 16.7. The molecule has 5 rings (SSSR count). The van der Waals surface area contributed by atoms with Gasteiger partial charge in [0.1, 0.15) is 0 Å². The molecule has 1 atom stereocenters. The number of aromatic amines is 1. The molecule has 2 aliphatic rings. The number of H-pyrrole nitrogens is 1. The average molecular weight is 425 g/mol. The number of carbonyl (C=O) groups excluding carboxylic acids is 1. The SMILES string of the molecule is O=C(c1n[nH]c2ccccc12)N1CCC(c2nc(CCOCC3CCOCC3)no2)C1. The molecule has 3 aromatic rings. The summed E-state index contributed by atoms with van der Waals surface area (Å²) in [6.45, 7) is 4.21. The summed E-state index contributed by atoms with van der Waals surface area (Å²) in [5.74, 6) is 1.83. The molecule has 2 aromatic heterocycles. The van der Waals surface area contributed by atoms with E-state index < -0.39 is 0 Å². The molecule has 1 unspecified atom stereocenters. The topological polar surface area (TPSA) is 106 Å². The first kappa shape index (κ1) is 20.1. The number of hydrogen-bond acceptors (Lipinski definition) is 7. The van der Waals surface area contributed by atoms with Crippen LogP contribution in [-0.2, 0) is 15.9 Å². The normalized spacial score (nSPS) is 20.0. The molecule has 0 bridgehead atoms. The van der Waals surface area contributed by atoms with E-state index in [4.69, 9.17) is 14.0 Å². The van der Waals surface area contributed by atoms with E-state index in [1.807, 2.05) is 29.2 Å². The second kappa shape index (κ2) is 9.15. The Balaban J connectivity index is 1.12. The summed E-state index contributed by atoms with van der Waals surface area (Å²) in [6.07, 6.45) is 3.56. The highest BCUT2D eigenvalue weighted by atomic mass is 16.5. The third-order valence-corrected chi connectivity index (χ3v) is 6.15. The summed E-state index contributed by atoms with van der Waals surface area (Å²) in [5, 5.41) is 12.1. The number of para-hydroxylation sites is 1. The van der Waals surface area contributed by atoms with Crippen LogP contribution in [-0.4, -0.2) is 70.7 Å². The molecule has 31 heavy (non-hydrogen) atoms. The Bertz CT molecular complexity index is 1030. The zero-order valence-corrected chi connectivity index (χ0v) is 17.5. The number of nitrogens with one attached hydrogen (secondary N) is 1. The Kier molecular flexibility index (Phi) is 5.95. The van der Waals surface area contributed by atoms with Gasteiger partial charge < -0.3 is 18.9 Å². The van der Waals surface area contributed by atoms with E-state index in [9.17, 15) is 4.79 Å². The maximum atomic E-state index is 13.0. The molecule has 9 heteroatoms. The molecule has 1 aromatic carbocycles. The van der Waals surface area contributed by atoms with Gasteiger partial charge >= 0.3 is 0 Å². The fourth-order valence-electron chi connectivity index (χ4n) is 4.28. The van der Waals surface area contributed by atoms with Crippen LogP contribution in [0.5, 0.6) is 0 Å². The van der Waals surface area contributed by atoms with Gasteiger partial charge in [-0.3, -0.25) is 9.89 Å². The van der Waals surface area contributed by atoms with Crippen LogP contribution in [0, 0.1) is 5.92 Å². The van der Waals surface area contributed by atoms with Gasteiger partial charge in [-0.25, -0.2) is 0 Å². The lowest BCUT2D eigenvalue weighted by Crippen LogP contribution is -2.29. The van der Waals surface area contributed by atoms with Crippen molar-refractivity contribution in [3.63, 3.8) is 0 Å². The summed E-state index contributed by atoms with van der Waals surface area (Å²) in [7, 11) is 0. The molecule has 0 aliphatic carbocycles. The van der Waals surface area contributed by atoms with Crippen LogP contribution in [0.1, 0.15) is 47.4 Å². The zero-order valence-electron chi connectivity index (χ0n) is 17.5. The van der Waals surface area contributed by atoms with Gasteiger partial charge in [-0.15, -0.1) is 0 Å². The van der Waals surface area contributed by atoms with Crippen molar-refractivity contribution in [3.8, 4) is 0 Å². The van der Waals surface area contributed by atoms with Crippen LogP contribution in [0.3, 0.4) is 0 Å². The van der Waals surface area contributed by atoms with Gasteiger partial charge in [-0.05, 0) is 31.2 Å². The average Bonchev–Trinajstić information content (AvgIpc) is 3.56. The molecule has 2 fully saturated rings. The number of fused-ring (bicyclic) bond motifs is 1. The van der Waals surface area contributed by atoms with Gasteiger partial charge in [-0.1, -0.05) is 23.4 Å². The highest BCUT2D eigenvalue weighted by Gasteiger charge is 2.33. The Morgan fingerprint density at radius 1 is 1.23 bits per heavy atom. The van der Waals surface area contributed by atoms with Gasteiger partial charge in [0.15, 0.2) is 11.5 Å². The fourth-order valence-corrected chi connectivity index (χ4v) is 4.28. The first-order valence-electron chi connectivity index (χ1n) is 11.0. The molecular formula is C22H27N5O4. The van der Waals surface area contributed by atoms with E-state index >= 15 is 0 Å². The first-order chi connectivity index (χ1) is 15.3. The summed E-state index contributed by atoms with van der Waals surface area (Å²) in [6, 6.07) is 7.66. The Morgan fingerprint density at radius 2 is 2.10 bits per heavy atom. The van der Waals surface area contributed by atoms with E-state index in [1.165, 1.54) is 0 Å². The van der Waals surface area contributed by atoms with Crippen LogP contribution in [0.2, 0.25) is 0 Å². The lowest BCUT2D eigenvalue weighted by molar-refractivity contribution is 0.0211. The Morgan fingerprint density at radius 3 is 3.00 bits per heavy atom. The lowest BCUT2D eigenvalue weighted by Gasteiger charge is -2.21. The summed E-state index contributed by atoms with van der Waals surface area (Å²) >= 11 is 0. The van der Waals surface area contributed by atoms with Gasteiger partial charge in [0.05, 0.1) is 18.0 Å². The molecule has 0 radical (unpaired) electrons. The molecule has 9 nitrogen and oxygen atoms in total. The number of benzene rings is 1. The number of aromatic nitrogens is 4. The van der Waals surface area contributed by atoms with Gasteiger partial charge in [0, 0.05) is 44.7 Å². The number of likely N-dealkylation sites (tertiary alicyclic amines) is 1. The van der Waals surface area contributed by atoms with Crippen molar-refractivity contribution in [1.82, 2.24) is 25.2 Å². The minimum atomic E-state index is -0.0683. The smallest absolute Gasteiger partial charge is 0.275 e. The maximum absolute atomic E-state index is 13.0. The van der Waals surface area contributed by atoms with E-state index in [0.717, 1.165) is 50.0 Å². The van der Waals surface area contributed by atoms with Crippen LogP contribution >= 0.6 is 0 Å². The standard InChI is InChI=1S/C22H27N5O4/c28-22(20-17-3-1-2-4-18(17)24-25-20)27-9-5-16(13-27)21-23-19(26-31-21)8-12-30-14-15-6-10-29-11-7-15/h1-4,15-16H,5-14H2,(H,24,25). The van der Waals surface area contributed by atoms with Gasteiger partial charge in [0.2, 0.25) is 5.89 Å². The quantitative estimate of drug-likeness (QED) is 0.580. The van der Waals surface area contributed by atoms with Crippen molar-refractivity contribution < 1.29 is 18.8 Å². The lowest BCUT2D eigenvalue weighted by atomic mass is 10.0. The van der Waals surface area contributed by atoms with E-state index in [1.54, 1.807) is 0 Å². The molecule has 0 saturated carbocycles. The van der Waals surface area contributed by atoms with Crippen LogP contribution in [0.4, 0.5) is 0 Å². The van der Waals surface area contributed by atoms with E-state index in [2.05, 4.69) is 20.3 Å². The van der Waals surface area contributed by atoms with Crippen LogP contribution in [0.15, 0.2) is 28.8 Å². The molecule has 0 spiro atoms. The van der Waals surface area contributed by atoms with Crippen molar-refractivity contribution in [1.29, 1.82) is 0 Å². The van der Waals surface area contributed by atoms with Crippen molar-refractivity contribution in [2.45, 2.75) is 31.6 Å². The summed E-state index contributed by atoms with van der Waals surface area (Å²) in [4.78, 5) is 19.3. The molecule has 1 amide bonds. The molecule has 2 aliphatic heterocycles. The molecule has 164 valence electrons. The van der Waals surface area contributed by atoms with E-state index in [0.29, 0.717) is 49.4 Å². The Hall–Kier alpha value is -2.78. The minimum absolute atomic E-state index is 0.0542. The van der Waals surface area contributed by atoms with Crippen LogP contribution < -0.4 is 0 Å². The maximum Gasteiger partial charge on any atom is 0.275 e. The number of ether oxygens (including phenoxy) is 2. The highest BCUT2D eigenvalue weighted by Crippen LogP contribution is 2.28. The van der Waals surface area contributed by atoms with Crippen molar-refractivity contribution in [3.05, 3.63) is 41.7 Å². The summed E-state index contributed by atoms with van der Waals surface area (Å²) in [5.41, 5.74) is 1.33. The molecular weight excluding hydrogens is 398 g/mol. The number of rotatable bonds is 7. The minimum Gasteiger partial charge on any atom is -0.381 e. The molecule has 4 heterocycles. The first-order valence-corrected chi connectivity index (χ1v) is 11.0. The van der Waals surface area contributed by atoms with Crippen molar-refractivity contribution >= 4 is 16.8 Å². The highest BCUT2D eigenvalue weighted by molar-refractivity contribution is 6.04. The van der Waals surface area contributed by atoms with Crippen LogP contribution in [0.25, 0.3) is 10.9 Å². The Labute approximate surface area is 180 Å². The largest absolute Gasteiger partial charge is 0.381 e. The monoisotopic (exact) mass is 425 g/mol. The number of carbonyl (C=O) groups is 1. The number of hydrogen-bond donors (Lipinski definition) is 1. The second-order valence-corrected chi connectivity index (χ2v) is 8.28.